The van der Waals surface area contributed by atoms with Crippen molar-refractivity contribution in [2.24, 2.45) is 0 Å². The van der Waals surface area contributed by atoms with Crippen LogP contribution in [0, 0.1) is 0 Å². The van der Waals surface area contributed by atoms with Gasteiger partial charge in [0, 0.05) is 25.6 Å². The standard InChI is InChI=1S/C53H36S/c1-53(2)46-22-12-10-16-39(46)45-32-36(28-31-47(45)53)38-30-29-37(51-44-21-11-13-23-48(44)54-52(38)51)33-24-26-35(27-25-33)50-42-19-8-6-17-40(42)49(34-14-4-3-5-15-34)41-18-7-9-20-43(41)50/h3-32H,1-2H3. The van der Waals surface area contributed by atoms with Crippen molar-refractivity contribution < 1.29 is 0 Å². The molecule has 1 aliphatic carbocycles. The Morgan fingerprint density at radius 2 is 0.852 bits per heavy atom. The molecule has 0 saturated carbocycles. The van der Waals surface area contributed by atoms with Gasteiger partial charge in [0.05, 0.1) is 0 Å². The highest BCUT2D eigenvalue weighted by Crippen LogP contribution is 2.51. The van der Waals surface area contributed by atoms with Crippen molar-refractivity contribution in [2.75, 3.05) is 0 Å². The van der Waals surface area contributed by atoms with Crippen LogP contribution in [0.4, 0.5) is 0 Å². The van der Waals surface area contributed by atoms with Crippen LogP contribution >= 0.6 is 11.3 Å². The Hall–Kier alpha value is -6.28. The average molecular weight is 705 g/mol. The smallest absolute Gasteiger partial charge is 0.0440 e. The van der Waals surface area contributed by atoms with E-state index in [1.165, 1.54) is 108 Å². The van der Waals surface area contributed by atoms with Gasteiger partial charge in [-0.1, -0.05) is 184 Å². The molecule has 0 atom stereocenters. The number of hydrogen-bond donors (Lipinski definition) is 0. The zero-order valence-electron chi connectivity index (χ0n) is 30.2. The predicted octanol–water partition coefficient (Wildman–Crippen LogP) is 15.3. The van der Waals surface area contributed by atoms with Gasteiger partial charge in [0.25, 0.3) is 0 Å². The molecular weight excluding hydrogens is 669 g/mol. The van der Waals surface area contributed by atoms with Crippen LogP contribution in [0.15, 0.2) is 182 Å². The van der Waals surface area contributed by atoms with Crippen LogP contribution in [0.1, 0.15) is 25.0 Å². The summed E-state index contributed by atoms with van der Waals surface area (Å²) < 4.78 is 2.67. The molecule has 54 heavy (non-hydrogen) atoms. The zero-order valence-corrected chi connectivity index (χ0v) is 31.0. The number of hydrogen-bond acceptors (Lipinski definition) is 1. The van der Waals surface area contributed by atoms with Crippen LogP contribution in [0.3, 0.4) is 0 Å². The molecule has 10 aromatic rings. The summed E-state index contributed by atoms with van der Waals surface area (Å²) >= 11 is 1.91. The molecule has 0 fully saturated rings. The summed E-state index contributed by atoms with van der Waals surface area (Å²) in [7, 11) is 0. The van der Waals surface area contributed by atoms with Gasteiger partial charge in [-0.05, 0) is 100 Å². The van der Waals surface area contributed by atoms with Crippen molar-refractivity contribution in [3.05, 3.63) is 193 Å². The molecule has 1 heteroatoms. The zero-order chi connectivity index (χ0) is 36.0. The summed E-state index contributed by atoms with van der Waals surface area (Å²) in [6.07, 6.45) is 0. The SMILES string of the molecule is CC1(C)c2ccccc2-c2cc(-c3ccc(-c4ccc(-c5c6ccccc6c(-c6ccccc6)c6ccccc56)cc4)c4c3sc3ccccc34)ccc21. The van der Waals surface area contributed by atoms with Crippen LogP contribution in [0.25, 0.3) is 97.4 Å². The van der Waals surface area contributed by atoms with E-state index in [0.29, 0.717) is 0 Å². The van der Waals surface area contributed by atoms with Crippen molar-refractivity contribution >= 4 is 53.1 Å². The van der Waals surface area contributed by atoms with Gasteiger partial charge in [0.2, 0.25) is 0 Å². The fourth-order valence-electron chi connectivity index (χ4n) is 9.36. The van der Waals surface area contributed by atoms with Gasteiger partial charge in [0.1, 0.15) is 0 Å². The van der Waals surface area contributed by atoms with E-state index < -0.39 is 0 Å². The molecule has 0 unspecified atom stereocenters. The van der Waals surface area contributed by atoms with Crippen molar-refractivity contribution in [3.8, 4) is 55.6 Å². The molecule has 0 spiro atoms. The first-order valence-corrected chi connectivity index (χ1v) is 19.7. The minimum Gasteiger partial charge on any atom is -0.135 e. The highest BCUT2D eigenvalue weighted by Gasteiger charge is 2.35. The third kappa shape index (κ3) is 4.55. The van der Waals surface area contributed by atoms with Crippen molar-refractivity contribution in [2.45, 2.75) is 19.3 Å². The van der Waals surface area contributed by atoms with Gasteiger partial charge in [-0.3, -0.25) is 0 Å². The molecule has 0 nitrogen and oxygen atoms in total. The molecule has 0 aliphatic heterocycles. The normalized spacial score (nSPS) is 13.1. The van der Waals surface area contributed by atoms with Crippen LogP contribution in [0.2, 0.25) is 0 Å². The number of rotatable bonds is 4. The Labute approximate surface area is 319 Å². The molecule has 0 saturated heterocycles. The molecule has 1 aromatic heterocycles. The summed E-state index contributed by atoms with van der Waals surface area (Å²) in [6, 6.07) is 67.7. The second-order valence-corrected chi connectivity index (χ2v) is 16.2. The molecule has 0 amide bonds. The van der Waals surface area contributed by atoms with Gasteiger partial charge in [0.15, 0.2) is 0 Å². The summed E-state index contributed by atoms with van der Waals surface area (Å²) in [5.41, 5.74) is 15.7. The number of thiophene rings is 1. The van der Waals surface area contributed by atoms with Gasteiger partial charge in [-0.2, -0.15) is 0 Å². The molecular formula is C53H36S. The summed E-state index contributed by atoms with van der Waals surface area (Å²) in [4.78, 5) is 0. The summed E-state index contributed by atoms with van der Waals surface area (Å²) in [5.74, 6) is 0. The molecule has 0 N–H and O–H groups in total. The highest BCUT2D eigenvalue weighted by molar-refractivity contribution is 7.26. The first kappa shape index (κ1) is 31.3. The van der Waals surface area contributed by atoms with E-state index in [-0.39, 0.29) is 5.41 Å². The van der Waals surface area contributed by atoms with Crippen LogP contribution in [-0.2, 0) is 5.41 Å². The lowest BCUT2D eigenvalue weighted by Crippen LogP contribution is -2.14. The molecule has 0 bridgehead atoms. The van der Waals surface area contributed by atoms with Crippen molar-refractivity contribution in [3.63, 3.8) is 0 Å². The van der Waals surface area contributed by atoms with E-state index in [1.54, 1.807) is 0 Å². The maximum Gasteiger partial charge on any atom is 0.0440 e. The molecule has 0 radical (unpaired) electrons. The van der Waals surface area contributed by atoms with Gasteiger partial charge in [-0.25, -0.2) is 0 Å². The Bertz CT molecular complexity index is 3050. The lowest BCUT2D eigenvalue weighted by molar-refractivity contribution is 0.660. The Morgan fingerprint density at radius 1 is 0.352 bits per heavy atom. The first-order valence-electron chi connectivity index (χ1n) is 18.8. The molecule has 1 heterocycles. The van der Waals surface area contributed by atoms with Crippen LogP contribution in [0.5, 0.6) is 0 Å². The minimum atomic E-state index is -0.00405. The quantitative estimate of drug-likeness (QED) is 0.160. The first-order chi connectivity index (χ1) is 26.6. The van der Waals surface area contributed by atoms with Gasteiger partial charge < -0.3 is 0 Å². The monoisotopic (exact) mass is 704 g/mol. The Balaban J connectivity index is 1.08. The van der Waals surface area contributed by atoms with Crippen LogP contribution in [-0.4, -0.2) is 0 Å². The summed E-state index contributed by atoms with van der Waals surface area (Å²) in [5, 5.41) is 7.77. The number of fused-ring (bicyclic) bond motifs is 8. The Kier molecular flexibility index (Phi) is 6.87. The predicted molar refractivity (Wildman–Crippen MR) is 234 cm³/mol. The average Bonchev–Trinajstić information content (AvgIpc) is 3.72. The lowest BCUT2D eigenvalue weighted by Gasteiger charge is -2.21. The van der Waals surface area contributed by atoms with E-state index in [9.17, 15) is 0 Å². The largest absolute Gasteiger partial charge is 0.135 e. The van der Waals surface area contributed by atoms with E-state index in [4.69, 9.17) is 0 Å². The van der Waals surface area contributed by atoms with Gasteiger partial charge in [-0.15, -0.1) is 11.3 Å². The van der Waals surface area contributed by atoms with Gasteiger partial charge >= 0.3 is 0 Å². The maximum absolute atomic E-state index is 2.44. The van der Waals surface area contributed by atoms with Crippen LogP contribution < -0.4 is 0 Å². The second kappa shape index (κ2) is 11.9. The lowest BCUT2D eigenvalue weighted by atomic mass is 9.82. The number of benzene rings is 9. The van der Waals surface area contributed by atoms with Crippen molar-refractivity contribution in [1.82, 2.24) is 0 Å². The minimum absolute atomic E-state index is 0.00405. The van der Waals surface area contributed by atoms with E-state index >= 15 is 0 Å². The third-order valence-corrected chi connectivity index (χ3v) is 13.1. The third-order valence-electron chi connectivity index (χ3n) is 11.9. The van der Waals surface area contributed by atoms with Crippen molar-refractivity contribution in [1.29, 1.82) is 0 Å². The summed E-state index contributed by atoms with van der Waals surface area (Å²) in [6.45, 7) is 4.71. The molecule has 254 valence electrons. The van der Waals surface area contributed by atoms with E-state index in [1.807, 2.05) is 11.3 Å². The highest BCUT2D eigenvalue weighted by atomic mass is 32.1. The maximum atomic E-state index is 2.44. The van der Waals surface area contributed by atoms with E-state index in [2.05, 4.69) is 196 Å². The Morgan fingerprint density at radius 3 is 1.54 bits per heavy atom. The molecule has 11 rings (SSSR count). The molecule has 9 aromatic carbocycles. The molecule has 1 aliphatic rings. The second-order valence-electron chi connectivity index (χ2n) is 15.2. The van der Waals surface area contributed by atoms with E-state index in [0.717, 1.165) is 0 Å². The topological polar surface area (TPSA) is 0 Å². The fraction of sp³-hybridized carbons (Fsp3) is 0.0566. The fourth-order valence-corrected chi connectivity index (χ4v) is 10.6.